The second-order valence-corrected chi connectivity index (χ2v) is 6.49. The Bertz CT molecular complexity index is 325. The van der Waals surface area contributed by atoms with Crippen molar-refractivity contribution >= 4 is 10.2 Å². The fourth-order valence-corrected chi connectivity index (χ4v) is 4.07. The first kappa shape index (κ1) is 12.3. The molecule has 2 fully saturated rings. The van der Waals surface area contributed by atoms with Gasteiger partial charge in [-0.05, 0) is 25.7 Å². The lowest BCUT2D eigenvalue weighted by molar-refractivity contribution is 0.337. The van der Waals surface area contributed by atoms with Gasteiger partial charge in [0.05, 0.1) is 0 Å². The monoisotopic (exact) mass is 247 g/mol. The predicted molar refractivity (Wildman–Crippen MR) is 63.1 cm³/mol. The largest absolute Gasteiger partial charge is 0.326 e. The molecule has 3 N–H and O–H groups in total. The zero-order valence-electron chi connectivity index (χ0n) is 9.56. The van der Waals surface area contributed by atoms with Crippen LogP contribution in [0.4, 0.5) is 0 Å². The summed E-state index contributed by atoms with van der Waals surface area (Å²) in [5.41, 5.74) is 5.87. The fraction of sp³-hybridized carbons (Fsp3) is 1.00. The van der Waals surface area contributed by atoms with Crippen molar-refractivity contribution in [1.29, 1.82) is 0 Å². The van der Waals surface area contributed by atoms with E-state index in [1.165, 1.54) is 0 Å². The van der Waals surface area contributed by atoms with Crippen LogP contribution in [0.5, 0.6) is 0 Å². The third-order valence-corrected chi connectivity index (χ3v) is 5.17. The fourth-order valence-electron chi connectivity index (χ4n) is 2.51. The molecule has 6 heteroatoms. The molecule has 0 bridgehead atoms. The quantitative estimate of drug-likeness (QED) is 0.747. The minimum atomic E-state index is -3.30. The van der Waals surface area contributed by atoms with Gasteiger partial charge in [0.2, 0.25) is 0 Å². The molecular weight excluding hydrogens is 226 g/mol. The zero-order valence-corrected chi connectivity index (χ0v) is 10.4. The first-order chi connectivity index (χ1) is 7.59. The van der Waals surface area contributed by atoms with Crippen molar-refractivity contribution in [3.63, 3.8) is 0 Å². The summed E-state index contributed by atoms with van der Waals surface area (Å²) < 4.78 is 28.4. The Balaban J connectivity index is 1.96. The van der Waals surface area contributed by atoms with E-state index in [9.17, 15) is 8.42 Å². The topological polar surface area (TPSA) is 75.4 Å². The highest BCUT2D eigenvalue weighted by molar-refractivity contribution is 7.87. The van der Waals surface area contributed by atoms with E-state index in [-0.39, 0.29) is 12.1 Å². The molecule has 2 aliphatic rings. The summed E-state index contributed by atoms with van der Waals surface area (Å²) in [6.07, 6.45) is 5.89. The van der Waals surface area contributed by atoms with Crippen molar-refractivity contribution in [2.75, 3.05) is 13.1 Å². The molecule has 94 valence electrons. The van der Waals surface area contributed by atoms with Gasteiger partial charge in [-0.2, -0.15) is 17.4 Å². The van der Waals surface area contributed by atoms with Crippen molar-refractivity contribution in [2.24, 2.45) is 5.73 Å². The Morgan fingerprint density at radius 1 is 1.06 bits per heavy atom. The minimum Gasteiger partial charge on any atom is -0.326 e. The summed E-state index contributed by atoms with van der Waals surface area (Å²) in [5.74, 6) is 0. The van der Waals surface area contributed by atoms with Crippen molar-refractivity contribution in [3.05, 3.63) is 0 Å². The van der Waals surface area contributed by atoms with Crippen LogP contribution in [-0.4, -0.2) is 37.9 Å². The van der Waals surface area contributed by atoms with Gasteiger partial charge < -0.3 is 5.73 Å². The molecule has 1 heterocycles. The lowest BCUT2D eigenvalue weighted by Crippen LogP contribution is -2.51. The molecule has 16 heavy (non-hydrogen) atoms. The van der Waals surface area contributed by atoms with E-state index in [1.807, 2.05) is 0 Å². The Kier molecular flexibility index (Phi) is 3.84. The summed E-state index contributed by atoms with van der Waals surface area (Å²) in [6, 6.07) is -0.0773. The summed E-state index contributed by atoms with van der Waals surface area (Å²) in [4.78, 5) is 0. The van der Waals surface area contributed by atoms with Gasteiger partial charge >= 0.3 is 0 Å². The van der Waals surface area contributed by atoms with Gasteiger partial charge in [0.1, 0.15) is 0 Å². The molecule has 0 aromatic rings. The van der Waals surface area contributed by atoms with Crippen LogP contribution in [0, 0.1) is 0 Å². The van der Waals surface area contributed by atoms with E-state index in [2.05, 4.69) is 4.72 Å². The van der Waals surface area contributed by atoms with Gasteiger partial charge in [-0.15, -0.1) is 0 Å². The highest BCUT2D eigenvalue weighted by atomic mass is 32.2. The average molecular weight is 247 g/mol. The van der Waals surface area contributed by atoms with Crippen LogP contribution in [0.2, 0.25) is 0 Å². The van der Waals surface area contributed by atoms with Crippen molar-refractivity contribution in [3.8, 4) is 0 Å². The van der Waals surface area contributed by atoms with Gasteiger partial charge in [-0.25, -0.2) is 0 Å². The Morgan fingerprint density at radius 3 is 2.31 bits per heavy atom. The third-order valence-electron chi connectivity index (χ3n) is 3.52. The molecule has 0 aromatic heterocycles. The molecule has 0 radical (unpaired) electrons. The summed E-state index contributed by atoms with van der Waals surface area (Å²) in [6.45, 7) is 1.30. The Morgan fingerprint density at radius 2 is 1.75 bits per heavy atom. The zero-order chi connectivity index (χ0) is 11.6. The molecule has 2 unspecified atom stereocenters. The van der Waals surface area contributed by atoms with E-state index >= 15 is 0 Å². The maximum Gasteiger partial charge on any atom is 0.279 e. The average Bonchev–Trinajstić information content (AvgIpc) is 2.65. The smallest absolute Gasteiger partial charge is 0.279 e. The van der Waals surface area contributed by atoms with Crippen molar-refractivity contribution in [2.45, 2.75) is 50.6 Å². The van der Waals surface area contributed by atoms with E-state index < -0.39 is 10.2 Å². The highest BCUT2D eigenvalue weighted by Gasteiger charge is 2.31. The molecule has 1 saturated heterocycles. The number of nitrogens with one attached hydrogen (secondary N) is 1. The van der Waals surface area contributed by atoms with Crippen LogP contribution in [0.3, 0.4) is 0 Å². The molecule has 2 rings (SSSR count). The van der Waals surface area contributed by atoms with E-state index in [1.54, 1.807) is 4.31 Å². The number of nitrogens with zero attached hydrogens (tertiary/aromatic N) is 1. The SMILES string of the molecule is NC1CCCC1NS(=O)(=O)N1CCCCC1. The van der Waals surface area contributed by atoms with E-state index in [4.69, 9.17) is 5.73 Å². The Labute approximate surface area is 97.6 Å². The first-order valence-electron chi connectivity index (χ1n) is 6.12. The standard InChI is InChI=1S/C10H21N3O2S/c11-9-5-4-6-10(9)12-16(14,15)13-7-2-1-3-8-13/h9-10,12H,1-8,11H2. The molecule has 1 aliphatic carbocycles. The maximum atomic E-state index is 12.0. The van der Waals surface area contributed by atoms with Crippen molar-refractivity contribution in [1.82, 2.24) is 9.03 Å². The minimum absolute atomic E-state index is 0.0143. The molecule has 0 amide bonds. The van der Waals surface area contributed by atoms with E-state index in [0.29, 0.717) is 13.1 Å². The van der Waals surface area contributed by atoms with Crippen molar-refractivity contribution < 1.29 is 8.42 Å². The number of rotatable bonds is 3. The molecule has 2 atom stereocenters. The molecule has 1 saturated carbocycles. The van der Waals surface area contributed by atoms with Gasteiger partial charge in [0.15, 0.2) is 0 Å². The molecule has 0 aromatic carbocycles. The maximum absolute atomic E-state index is 12.0. The first-order valence-corrected chi connectivity index (χ1v) is 7.56. The van der Waals surface area contributed by atoms with Crippen LogP contribution in [0.25, 0.3) is 0 Å². The number of hydrogen-bond acceptors (Lipinski definition) is 3. The highest BCUT2D eigenvalue weighted by Crippen LogP contribution is 2.19. The normalized spacial score (nSPS) is 33.1. The van der Waals surface area contributed by atoms with E-state index in [0.717, 1.165) is 38.5 Å². The Hall–Kier alpha value is -0.170. The second-order valence-electron chi connectivity index (χ2n) is 4.78. The third kappa shape index (κ3) is 2.74. The van der Waals surface area contributed by atoms with Crippen LogP contribution >= 0.6 is 0 Å². The lowest BCUT2D eigenvalue weighted by atomic mass is 10.2. The summed E-state index contributed by atoms with van der Waals surface area (Å²) >= 11 is 0. The summed E-state index contributed by atoms with van der Waals surface area (Å²) in [7, 11) is -3.30. The van der Waals surface area contributed by atoms with Crippen LogP contribution in [0.15, 0.2) is 0 Å². The number of hydrogen-bond donors (Lipinski definition) is 2. The lowest BCUT2D eigenvalue weighted by Gasteiger charge is -2.28. The van der Waals surface area contributed by atoms with Crippen LogP contribution < -0.4 is 10.5 Å². The number of piperidine rings is 1. The van der Waals surface area contributed by atoms with Crippen LogP contribution in [-0.2, 0) is 10.2 Å². The van der Waals surface area contributed by atoms with Gasteiger partial charge in [0, 0.05) is 25.2 Å². The van der Waals surface area contributed by atoms with Crippen LogP contribution in [0.1, 0.15) is 38.5 Å². The molecule has 1 aliphatic heterocycles. The molecule has 0 spiro atoms. The van der Waals surface area contributed by atoms with Gasteiger partial charge in [0.25, 0.3) is 10.2 Å². The van der Waals surface area contributed by atoms with Gasteiger partial charge in [-0.3, -0.25) is 0 Å². The number of nitrogens with two attached hydrogens (primary N) is 1. The predicted octanol–water partition coefficient (Wildman–Crippen LogP) is 0.186. The molecule has 5 nitrogen and oxygen atoms in total. The molecular formula is C10H21N3O2S. The summed E-state index contributed by atoms with van der Waals surface area (Å²) in [5, 5.41) is 0. The second kappa shape index (κ2) is 5.00. The van der Waals surface area contributed by atoms with Gasteiger partial charge in [-0.1, -0.05) is 12.8 Å².